The molecular formula is C15H34IN. The van der Waals surface area contributed by atoms with Gasteiger partial charge in [0.1, 0.15) is 0 Å². The molecule has 0 unspecified atom stereocenters. The van der Waals surface area contributed by atoms with E-state index in [9.17, 15) is 0 Å². The molecule has 0 heterocycles. The summed E-state index contributed by atoms with van der Waals surface area (Å²) in [6.45, 7) is 9.35. The molecule has 17 heavy (non-hydrogen) atoms. The first-order chi connectivity index (χ1) is 8.16. The van der Waals surface area contributed by atoms with Gasteiger partial charge in [0, 0.05) is 3.92 Å². The van der Waals surface area contributed by atoms with E-state index in [-0.39, 0.29) is 0 Å². The highest BCUT2D eigenvalue weighted by molar-refractivity contribution is 14.1. The Balaban J connectivity index is 0. The molecule has 0 spiro atoms. The predicted molar refractivity (Wildman–Crippen MR) is 90.0 cm³/mol. The molecule has 0 atom stereocenters. The Labute approximate surface area is 123 Å². The molecule has 1 nitrogen and oxygen atoms in total. The van der Waals surface area contributed by atoms with E-state index in [1.54, 1.807) is 0 Å². The summed E-state index contributed by atoms with van der Waals surface area (Å²) >= 11 is 2.56. The van der Waals surface area contributed by atoms with E-state index >= 15 is 0 Å². The second-order valence-electron chi connectivity index (χ2n) is 4.91. The van der Waals surface area contributed by atoms with Crippen molar-refractivity contribution >= 4 is 22.6 Å². The molecule has 0 aliphatic heterocycles. The van der Waals surface area contributed by atoms with Crippen LogP contribution in [0.5, 0.6) is 0 Å². The third-order valence-corrected chi connectivity index (χ3v) is 4.02. The van der Waals surface area contributed by atoms with E-state index < -0.39 is 0 Å². The van der Waals surface area contributed by atoms with Gasteiger partial charge in [0.05, 0.1) is 0 Å². The van der Waals surface area contributed by atoms with Crippen LogP contribution in [0.4, 0.5) is 0 Å². The summed E-state index contributed by atoms with van der Waals surface area (Å²) in [7, 11) is 0. The van der Waals surface area contributed by atoms with Crippen molar-refractivity contribution in [3.8, 4) is 0 Å². The molecule has 0 bridgehead atoms. The molecule has 1 aliphatic carbocycles. The van der Waals surface area contributed by atoms with Crippen molar-refractivity contribution in [1.29, 1.82) is 0 Å². The fraction of sp³-hybridized carbons (Fsp3) is 1.00. The first-order valence-electron chi connectivity index (χ1n) is 7.51. The van der Waals surface area contributed by atoms with Crippen LogP contribution >= 0.6 is 22.6 Å². The second-order valence-corrected chi connectivity index (χ2v) is 6.68. The molecule has 1 aliphatic rings. The Morgan fingerprint density at radius 2 is 1.59 bits per heavy atom. The molecule has 0 aromatic rings. The largest absolute Gasteiger partial charge is 0.330 e. The summed E-state index contributed by atoms with van der Waals surface area (Å²) < 4.78 is 1.01. The number of alkyl halides is 1. The number of hydrogen-bond acceptors (Lipinski definition) is 1. The van der Waals surface area contributed by atoms with Crippen LogP contribution in [0.3, 0.4) is 0 Å². The van der Waals surface area contributed by atoms with Gasteiger partial charge in [-0.3, -0.25) is 0 Å². The summed E-state index contributed by atoms with van der Waals surface area (Å²) in [5.41, 5.74) is 5.31. The van der Waals surface area contributed by atoms with Crippen molar-refractivity contribution in [3.05, 3.63) is 0 Å². The maximum atomic E-state index is 5.31. The maximum absolute atomic E-state index is 5.31. The van der Waals surface area contributed by atoms with Gasteiger partial charge in [-0.2, -0.15) is 0 Å². The molecule has 1 rings (SSSR count). The molecule has 0 saturated heterocycles. The van der Waals surface area contributed by atoms with Gasteiger partial charge in [0.2, 0.25) is 0 Å². The van der Waals surface area contributed by atoms with Crippen LogP contribution in [-0.4, -0.2) is 10.5 Å². The first kappa shape index (κ1) is 20.0. The van der Waals surface area contributed by atoms with Gasteiger partial charge in [0.25, 0.3) is 0 Å². The fourth-order valence-electron chi connectivity index (χ4n) is 1.75. The van der Waals surface area contributed by atoms with Crippen molar-refractivity contribution in [1.82, 2.24) is 0 Å². The average Bonchev–Trinajstić information content (AvgIpc) is 2.33. The monoisotopic (exact) mass is 355 g/mol. The van der Waals surface area contributed by atoms with Gasteiger partial charge >= 0.3 is 0 Å². The van der Waals surface area contributed by atoms with Gasteiger partial charge in [-0.15, -0.1) is 0 Å². The molecule has 2 N–H and O–H groups in total. The minimum absolute atomic E-state index is 0.849. The van der Waals surface area contributed by atoms with E-state index in [2.05, 4.69) is 36.4 Å². The third-order valence-electron chi connectivity index (χ3n) is 2.77. The highest BCUT2D eigenvalue weighted by Gasteiger charge is 2.07. The van der Waals surface area contributed by atoms with Crippen molar-refractivity contribution < 1.29 is 0 Å². The Morgan fingerprint density at radius 3 is 1.88 bits per heavy atom. The van der Waals surface area contributed by atoms with Gasteiger partial charge in [-0.1, -0.05) is 82.4 Å². The SMILES string of the molecule is CC.CC(C)CCCCN.IC1CCCCC1. The molecule has 0 amide bonds. The van der Waals surface area contributed by atoms with Gasteiger partial charge in [-0.25, -0.2) is 0 Å². The molecule has 106 valence electrons. The molecule has 2 heteroatoms. The maximum Gasteiger partial charge on any atom is 0.0110 e. The topological polar surface area (TPSA) is 26.0 Å². The lowest BCUT2D eigenvalue weighted by Crippen LogP contribution is -2.02. The molecule has 1 saturated carbocycles. The number of nitrogens with two attached hydrogens (primary N) is 1. The van der Waals surface area contributed by atoms with Crippen LogP contribution < -0.4 is 5.73 Å². The number of unbranched alkanes of at least 4 members (excludes halogenated alkanes) is 1. The zero-order chi connectivity index (χ0) is 13.5. The minimum atomic E-state index is 0.849. The van der Waals surface area contributed by atoms with Crippen LogP contribution in [0.2, 0.25) is 0 Å². The Hall–Kier alpha value is 0.690. The van der Waals surface area contributed by atoms with E-state index in [0.717, 1.165) is 16.4 Å². The third kappa shape index (κ3) is 19.2. The zero-order valence-electron chi connectivity index (χ0n) is 12.5. The standard InChI is InChI=1S/C7H17N.C6H11I.C2H6/c1-7(2)5-3-4-6-8;7-6-4-2-1-3-5-6;1-2/h7H,3-6,8H2,1-2H3;6H,1-5H2;1-2H3. The summed E-state index contributed by atoms with van der Waals surface area (Å²) in [5, 5.41) is 0. The van der Waals surface area contributed by atoms with E-state index in [1.165, 1.54) is 51.4 Å². The Bertz CT molecular complexity index is 120. The normalized spacial score (nSPS) is 15.7. The van der Waals surface area contributed by atoms with Crippen LogP contribution in [-0.2, 0) is 0 Å². The van der Waals surface area contributed by atoms with Crippen molar-refractivity contribution in [3.63, 3.8) is 0 Å². The molecule has 0 aromatic heterocycles. The molecule has 1 fully saturated rings. The van der Waals surface area contributed by atoms with Gasteiger partial charge in [0.15, 0.2) is 0 Å². The lowest BCUT2D eigenvalue weighted by atomic mass is 10.0. The van der Waals surface area contributed by atoms with Crippen molar-refractivity contribution in [2.45, 2.75) is 83.0 Å². The molecule has 0 aromatic carbocycles. The first-order valence-corrected chi connectivity index (χ1v) is 8.75. The van der Waals surface area contributed by atoms with E-state index in [4.69, 9.17) is 5.73 Å². The second kappa shape index (κ2) is 16.7. The number of hydrogen-bond donors (Lipinski definition) is 1. The molecular weight excluding hydrogens is 321 g/mol. The summed E-state index contributed by atoms with van der Waals surface area (Å²) in [6.07, 6.45) is 11.2. The van der Waals surface area contributed by atoms with Crippen molar-refractivity contribution in [2.75, 3.05) is 6.54 Å². The smallest absolute Gasteiger partial charge is 0.0110 e. The summed E-state index contributed by atoms with van der Waals surface area (Å²) in [5.74, 6) is 0.849. The van der Waals surface area contributed by atoms with Gasteiger partial charge in [-0.05, 0) is 31.7 Å². The van der Waals surface area contributed by atoms with Crippen LogP contribution in [0.25, 0.3) is 0 Å². The predicted octanol–water partition coefficient (Wildman–Crippen LogP) is 5.55. The van der Waals surface area contributed by atoms with Crippen LogP contribution in [0, 0.1) is 5.92 Å². The highest BCUT2D eigenvalue weighted by atomic mass is 127. The number of halogens is 1. The van der Waals surface area contributed by atoms with Crippen molar-refractivity contribution in [2.24, 2.45) is 11.7 Å². The van der Waals surface area contributed by atoms with Gasteiger partial charge < -0.3 is 5.73 Å². The quantitative estimate of drug-likeness (QED) is 0.399. The highest BCUT2D eigenvalue weighted by Crippen LogP contribution is 2.23. The zero-order valence-corrected chi connectivity index (χ0v) is 14.6. The lowest BCUT2D eigenvalue weighted by molar-refractivity contribution is 0.528. The van der Waals surface area contributed by atoms with E-state index in [1.807, 2.05) is 13.8 Å². The van der Waals surface area contributed by atoms with Crippen LogP contribution in [0.15, 0.2) is 0 Å². The Kier molecular flexibility index (Phi) is 19.7. The fourth-order valence-corrected chi connectivity index (χ4v) is 2.63. The summed E-state index contributed by atoms with van der Waals surface area (Å²) in [4.78, 5) is 0. The minimum Gasteiger partial charge on any atom is -0.330 e. The lowest BCUT2D eigenvalue weighted by Gasteiger charge is -2.13. The average molecular weight is 355 g/mol. The van der Waals surface area contributed by atoms with Crippen LogP contribution in [0.1, 0.15) is 79.1 Å². The summed E-state index contributed by atoms with van der Waals surface area (Å²) in [6, 6.07) is 0. The Morgan fingerprint density at radius 1 is 1.06 bits per heavy atom. The van der Waals surface area contributed by atoms with E-state index in [0.29, 0.717) is 0 Å². The molecule has 0 radical (unpaired) electrons. The number of rotatable bonds is 4.